The minimum atomic E-state index is -4.58. The topological polar surface area (TPSA) is 87.1 Å². The number of aliphatic hydroxyl groups is 1. The Morgan fingerprint density at radius 3 is 2.50 bits per heavy atom. The highest BCUT2D eigenvalue weighted by atomic mass is 32.1. The molecule has 0 saturated carbocycles. The van der Waals surface area contributed by atoms with Gasteiger partial charge in [-0.3, -0.25) is 5.32 Å². The first-order chi connectivity index (χ1) is 9.22. The summed E-state index contributed by atoms with van der Waals surface area (Å²) in [6.07, 6.45) is -4.03. The number of halogens is 3. The predicted molar refractivity (Wildman–Crippen MR) is 67.4 cm³/mol. The molecule has 114 valence electrons. The predicted octanol–water partition coefficient (Wildman–Crippen LogP) is 2.09. The molecule has 10 heteroatoms. The van der Waals surface area contributed by atoms with Crippen LogP contribution in [0.15, 0.2) is 0 Å². The highest BCUT2D eigenvalue weighted by Gasteiger charge is 2.35. The van der Waals surface area contributed by atoms with Gasteiger partial charge in [0.05, 0.1) is 12.6 Å². The van der Waals surface area contributed by atoms with Crippen LogP contribution in [0.5, 0.6) is 0 Å². The van der Waals surface area contributed by atoms with Gasteiger partial charge in [0.2, 0.25) is 10.1 Å². The number of urea groups is 1. The number of aliphatic hydroxyl groups excluding tert-OH is 1. The molecule has 0 bridgehead atoms. The molecule has 2 amide bonds. The van der Waals surface area contributed by atoms with Crippen LogP contribution >= 0.6 is 11.3 Å². The second-order valence-electron chi connectivity index (χ2n) is 4.52. The number of alkyl halides is 3. The number of anilines is 1. The van der Waals surface area contributed by atoms with Gasteiger partial charge < -0.3 is 10.4 Å². The lowest BCUT2D eigenvalue weighted by Crippen LogP contribution is -2.40. The maximum Gasteiger partial charge on any atom is 0.445 e. The first-order valence-corrected chi connectivity index (χ1v) is 6.63. The first kappa shape index (κ1) is 16.6. The Labute approximate surface area is 117 Å². The summed E-state index contributed by atoms with van der Waals surface area (Å²) < 4.78 is 36.9. The maximum atomic E-state index is 12.3. The largest absolute Gasteiger partial charge is 0.445 e. The molecule has 1 unspecified atom stereocenters. The Balaban J connectivity index is 2.55. The van der Waals surface area contributed by atoms with Crippen LogP contribution in [0.3, 0.4) is 0 Å². The molecule has 0 saturated heterocycles. The number of carbonyl (C=O) groups is 1. The van der Waals surface area contributed by atoms with E-state index in [9.17, 15) is 18.0 Å². The molecule has 0 aromatic carbocycles. The summed E-state index contributed by atoms with van der Waals surface area (Å²) in [5.74, 6) is 0.255. The van der Waals surface area contributed by atoms with Gasteiger partial charge in [-0.25, -0.2) is 4.79 Å². The third kappa shape index (κ3) is 5.29. The standard InChI is InChI=1S/C10H15F3N4O2S/c1-5(2)3-6(4-18)14-8(19)15-9-17-16-7(20-9)10(11,12)13/h5-6,18H,3-4H2,1-2H3,(H2,14,15,17,19). The van der Waals surface area contributed by atoms with E-state index in [2.05, 4.69) is 20.8 Å². The molecule has 1 aromatic heterocycles. The Bertz CT molecular complexity index is 450. The lowest BCUT2D eigenvalue weighted by molar-refractivity contribution is -0.138. The van der Waals surface area contributed by atoms with Crippen LogP contribution in [0, 0.1) is 5.92 Å². The number of carbonyl (C=O) groups excluding carboxylic acids is 1. The van der Waals surface area contributed by atoms with Crippen molar-refractivity contribution in [2.45, 2.75) is 32.5 Å². The zero-order valence-corrected chi connectivity index (χ0v) is 11.7. The summed E-state index contributed by atoms with van der Waals surface area (Å²) >= 11 is 0.235. The van der Waals surface area contributed by atoms with E-state index < -0.39 is 23.3 Å². The monoisotopic (exact) mass is 312 g/mol. The molecular formula is C10H15F3N4O2S. The molecule has 1 atom stereocenters. The average molecular weight is 312 g/mol. The van der Waals surface area contributed by atoms with Gasteiger partial charge in [-0.15, -0.1) is 10.2 Å². The van der Waals surface area contributed by atoms with Gasteiger partial charge in [0.15, 0.2) is 0 Å². The van der Waals surface area contributed by atoms with Crippen LogP contribution in [0.2, 0.25) is 0 Å². The van der Waals surface area contributed by atoms with Crippen molar-refractivity contribution in [2.24, 2.45) is 5.92 Å². The van der Waals surface area contributed by atoms with Crippen LogP contribution in [0.1, 0.15) is 25.3 Å². The molecule has 0 fully saturated rings. The van der Waals surface area contributed by atoms with Gasteiger partial charge in [0, 0.05) is 0 Å². The number of amides is 2. The Morgan fingerprint density at radius 1 is 1.40 bits per heavy atom. The number of hydrogen-bond acceptors (Lipinski definition) is 5. The molecule has 1 heterocycles. The van der Waals surface area contributed by atoms with Crippen molar-refractivity contribution >= 4 is 22.5 Å². The average Bonchev–Trinajstić information content (AvgIpc) is 2.75. The van der Waals surface area contributed by atoms with Crippen LogP contribution in [0.25, 0.3) is 0 Å². The Kier molecular flexibility index (Phi) is 5.69. The normalized spacial score (nSPS) is 13.3. The highest BCUT2D eigenvalue weighted by molar-refractivity contribution is 7.15. The van der Waals surface area contributed by atoms with E-state index in [4.69, 9.17) is 5.11 Å². The van der Waals surface area contributed by atoms with E-state index in [1.54, 1.807) is 0 Å². The van der Waals surface area contributed by atoms with E-state index in [0.717, 1.165) is 0 Å². The lowest BCUT2D eigenvalue weighted by atomic mass is 10.0. The molecule has 0 aliphatic carbocycles. The van der Waals surface area contributed by atoms with Crippen molar-refractivity contribution in [1.82, 2.24) is 15.5 Å². The Morgan fingerprint density at radius 2 is 2.05 bits per heavy atom. The fourth-order valence-corrected chi connectivity index (χ4v) is 2.06. The SMILES string of the molecule is CC(C)CC(CO)NC(=O)Nc1nnc(C(F)(F)F)s1. The zero-order valence-electron chi connectivity index (χ0n) is 10.9. The molecule has 3 N–H and O–H groups in total. The third-order valence-electron chi connectivity index (χ3n) is 2.20. The number of nitrogens with zero attached hydrogens (tertiary/aromatic N) is 2. The smallest absolute Gasteiger partial charge is 0.394 e. The second kappa shape index (κ2) is 6.84. The molecule has 6 nitrogen and oxygen atoms in total. The van der Waals surface area contributed by atoms with Crippen molar-refractivity contribution in [1.29, 1.82) is 0 Å². The fourth-order valence-electron chi connectivity index (χ4n) is 1.46. The van der Waals surface area contributed by atoms with E-state index in [1.165, 1.54) is 0 Å². The van der Waals surface area contributed by atoms with Crippen LogP contribution in [0.4, 0.5) is 23.1 Å². The van der Waals surface area contributed by atoms with Crippen molar-refractivity contribution in [3.8, 4) is 0 Å². The molecule has 0 aliphatic rings. The zero-order chi connectivity index (χ0) is 15.3. The summed E-state index contributed by atoms with van der Waals surface area (Å²) in [6.45, 7) is 3.58. The maximum absolute atomic E-state index is 12.3. The van der Waals surface area contributed by atoms with Crippen LogP contribution in [-0.2, 0) is 6.18 Å². The summed E-state index contributed by atoms with van der Waals surface area (Å²) in [5.41, 5.74) is 0. The van der Waals surface area contributed by atoms with E-state index in [-0.39, 0.29) is 29.0 Å². The summed E-state index contributed by atoms with van der Waals surface area (Å²) in [5, 5.41) is 18.5. The van der Waals surface area contributed by atoms with Gasteiger partial charge in [-0.05, 0) is 12.3 Å². The third-order valence-corrected chi connectivity index (χ3v) is 3.08. The molecule has 0 radical (unpaired) electrons. The highest BCUT2D eigenvalue weighted by Crippen LogP contribution is 2.32. The minimum Gasteiger partial charge on any atom is -0.394 e. The van der Waals surface area contributed by atoms with Crippen LogP contribution in [-0.4, -0.2) is 34.0 Å². The summed E-state index contributed by atoms with van der Waals surface area (Å²) in [7, 11) is 0. The number of nitrogens with one attached hydrogen (secondary N) is 2. The lowest BCUT2D eigenvalue weighted by Gasteiger charge is -2.17. The van der Waals surface area contributed by atoms with Gasteiger partial charge in [-0.2, -0.15) is 13.2 Å². The fraction of sp³-hybridized carbons (Fsp3) is 0.700. The molecule has 20 heavy (non-hydrogen) atoms. The quantitative estimate of drug-likeness (QED) is 0.777. The molecular weight excluding hydrogens is 297 g/mol. The van der Waals surface area contributed by atoms with Gasteiger partial charge in [0.1, 0.15) is 0 Å². The first-order valence-electron chi connectivity index (χ1n) is 5.81. The van der Waals surface area contributed by atoms with Crippen molar-refractivity contribution in [2.75, 3.05) is 11.9 Å². The van der Waals surface area contributed by atoms with Crippen molar-refractivity contribution in [3.63, 3.8) is 0 Å². The van der Waals surface area contributed by atoms with Gasteiger partial charge in [0.25, 0.3) is 0 Å². The number of hydrogen-bond donors (Lipinski definition) is 3. The number of aromatic nitrogens is 2. The minimum absolute atomic E-state index is 0.235. The van der Waals surface area contributed by atoms with E-state index in [1.807, 2.05) is 13.8 Å². The van der Waals surface area contributed by atoms with Crippen molar-refractivity contribution in [3.05, 3.63) is 5.01 Å². The van der Waals surface area contributed by atoms with Gasteiger partial charge >= 0.3 is 12.2 Å². The van der Waals surface area contributed by atoms with E-state index in [0.29, 0.717) is 6.42 Å². The summed E-state index contributed by atoms with van der Waals surface area (Å²) in [6, 6.07) is -1.19. The van der Waals surface area contributed by atoms with Gasteiger partial charge in [-0.1, -0.05) is 25.2 Å². The second-order valence-corrected chi connectivity index (χ2v) is 5.50. The molecule has 1 aromatic rings. The van der Waals surface area contributed by atoms with Crippen molar-refractivity contribution < 1.29 is 23.1 Å². The Hall–Kier alpha value is -1.42. The number of rotatable bonds is 5. The van der Waals surface area contributed by atoms with E-state index >= 15 is 0 Å². The molecule has 1 rings (SSSR count). The summed E-state index contributed by atoms with van der Waals surface area (Å²) in [4.78, 5) is 11.5. The molecule has 0 spiro atoms. The molecule has 0 aliphatic heterocycles. The van der Waals surface area contributed by atoms with Crippen LogP contribution < -0.4 is 10.6 Å².